The van der Waals surface area contributed by atoms with Crippen LogP contribution in [-0.4, -0.2) is 56.1 Å². The van der Waals surface area contributed by atoms with E-state index in [1.54, 1.807) is 0 Å². The van der Waals surface area contributed by atoms with Gasteiger partial charge in [-0.2, -0.15) is 13.2 Å². The molecule has 2 heterocycles. The van der Waals surface area contributed by atoms with E-state index < -0.39 is 42.2 Å². The summed E-state index contributed by atoms with van der Waals surface area (Å²) in [6.07, 6.45) is -6.61. The van der Waals surface area contributed by atoms with E-state index in [2.05, 4.69) is 15.3 Å². The van der Waals surface area contributed by atoms with Crippen LogP contribution in [0.4, 0.5) is 19.0 Å². The van der Waals surface area contributed by atoms with Crippen molar-refractivity contribution in [1.82, 2.24) is 9.97 Å². The van der Waals surface area contributed by atoms with Gasteiger partial charge in [-0.25, -0.2) is 9.78 Å². The number of rotatable bonds is 4. The van der Waals surface area contributed by atoms with Crippen LogP contribution in [0.25, 0.3) is 0 Å². The Balaban J connectivity index is 1.89. The van der Waals surface area contributed by atoms with Gasteiger partial charge in [0.2, 0.25) is 0 Å². The van der Waals surface area contributed by atoms with E-state index >= 15 is 0 Å². The lowest BCUT2D eigenvalue weighted by atomic mass is 9.91. The van der Waals surface area contributed by atoms with E-state index in [1.165, 1.54) is 24.3 Å². The van der Waals surface area contributed by atoms with Gasteiger partial charge < -0.3 is 25.4 Å². The molecule has 0 amide bonds. The minimum Gasteiger partial charge on any atom is -0.478 e. The molecule has 3 rings (SSSR count). The Labute approximate surface area is 156 Å². The molecule has 1 fully saturated rings. The number of benzene rings is 1. The van der Waals surface area contributed by atoms with Crippen molar-refractivity contribution in [3.63, 3.8) is 0 Å². The van der Waals surface area contributed by atoms with E-state index in [0.29, 0.717) is 11.8 Å². The second kappa shape index (κ2) is 7.70. The monoisotopic (exact) mass is 399 g/mol. The molecule has 0 saturated carbocycles. The van der Waals surface area contributed by atoms with Gasteiger partial charge in [-0.05, 0) is 17.7 Å². The van der Waals surface area contributed by atoms with Crippen LogP contribution in [0.5, 0.6) is 0 Å². The van der Waals surface area contributed by atoms with E-state index in [9.17, 15) is 28.2 Å². The number of aliphatic hydroxyl groups excluding tert-OH is 2. The van der Waals surface area contributed by atoms with Gasteiger partial charge in [0.15, 0.2) is 5.69 Å². The van der Waals surface area contributed by atoms with Gasteiger partial charge in [0, 0.05) is 0 Å². The highest BCUT2D eigenvalue weighted by Gasteiger charge is 2.40. The molecule has 1 aromatic carbocycles. The molecule has 28 heavy (non-hydrogen) atoms. The molecule has 1 aliphatic heterocycles. The number of aliphatic hydroxyl groups is 2. The quantitative estimate of drug-likeness (QED) is 0.609. The van der Waals surface area contributed by atoms with Gasteiger partial charge in [-0.1, -0.05) is 12.1 Å². The van der Waals surface area contributed by atoms with Gasteiger partial charge >= 0.3 is 12.1 Å². The standard InChI is InChI=1S/C17H16F3N3O5/c18-17(19,20)11-5-21-6-12(22-11)23-13-14(25)10(24)7-28-15(13)8-1-3-9(4-2-8)16(26)27/h1-6,10,13-15,24-25H,7H2,(H,22,23)(H,26,27)/t10-,13+,14-,15+/m0/s1. The summed E-state index contributed by atoms with van der Waals surface area (Å²) in [7, 11) is 0. The first-order valence-corrected chi connectivity index (χ1v) is 8.13. The van der Waals surface area contributed by atoms with Gasteiger partial charge in [0.1, 0.15) is 24.1 Å². The Morgan fingerprint density at radius 1 is 1.18 bits per heavy atom. The topological polar surface area (TPSA) is 125 Å². The number of carboxylic acid groups (broad SMARTS) is 1. The molecule has 0 aliphatic carbocycles. The number of nitrogens with zero attached hydrogens (tertiary/aromatic N) is 2. The summed E-state index contributed by atoms with van der Waals surface area (Å²) in [6, 6.07) is 4.53. The number of ether oxygens (including phenoxy) is 1. The number of carboxylic acids is 1. The Kier molecular flexibility index (Phi) is 5.49. The number of halogens is 3. The zero-order valence-corrected chi connectivity index (χ0v) is 14.2. The van der Waals surface area contributed by atoms with Crippen molar-refractivity contribution < 1.29 is 38.0 Å². The van der Waals surface area contributed by atoms with Crippen molar-refractivity contribution in [3.05, 3.63) is 53.5 Å². The fraction of sp³-hybridized carbons (Fsp3) is 0.353. The molecule has 1 saturated heterocycles. The van der Waals surface area contributed by atoms with Gasteiger partial charge in [-0.15, -0.1) is 0 Å². The van der Waals surface area contributed by atoms with Crippen LogP contribution in [0.2, 0.25) is 0 Å². The molecular formula is C17H16F3N3O5. The number of hydrogen-bond acceptors (Lipinski definition) is 7. The third kappa shape index (κ3) is 4.21. The highest BCUT2D eigenvalue weighted by atomic mass is 19.4. The number of nitrogens with one attached hydrogen (secondary N) is 1. The number of carbonyl (C=O) groups is 1. The fourth-order valence-electron chi connectivity index (χ4n) is 2.85. The predicted octanol–water partition coefficient (Wildman–Crippen LogP) is 1.47. The average Bonchev–Trinajstić information content (AvgIpc) is 2.65. The molecule has 1 aliphatic rings. The first kappa shape index (κ1) is 20.0. The maximum atomic E-state index is 12.8. The van der Waals surface area contributed by atoms with Crippen molar-refractivity contribution in [3.8, 4) is 0 Å². The number of alkyl halides is 3. The third-order valence-corrected chi connectivity index (χ3v) is 4.26. The van der Waals surface area contributed by atoms with Crippen molar-refractivity contribution >= 4 is 11.8 Å². The Morgan fingerprint density at radius 3 is 2.46 bits per heavy atom. The summed E-state index contributed by atoms with van der Waals surface area (Å²) in [6.45, 7) is -0.209. The van der Waals surface area contributed by atoms with Crippen LogP contribution in [0.15, 0.2) is 36.7 Å². The fourth-order valence-corrected chi connectivity index (χ4v) is 2.85. The summed E-state index contributed by atoms with van der Waals surface area (Å²) in [5.74, 6) is -1.38. The first-order valence-electron chi connectivity index (χ1n) is 8.13. The molecule has 4 N–H and O–H groups in total. The van der Waals surface area contributed by atoms with E-state index in [1.807, 2.05) is 0 Å². The maximum absolute atomic E-state index is 12.8. The van der Waals surface area contributed by atoms with Crippen molar-refractivity contribution in [2.75, 3.05) is 11.9 Å². The molecule has 8 nitrogen and oxygen atoms in total. The molecular weight excluding hydrogens is 383 g/mol. The highest BCUT2D eigenvalue weighted by molar-refractivity contribution is 5.87. The van der Waals surface area contributed by atoms with E-state index in [-0.39, 0.29) is 18.0 Å². The summed E-state index contributed by atoms with van der Waals surface area (Å²) in [4.78, 5) is 17.9. The minimum atomic E-state index is -4.70. The second-order valence-electron chi connectivity index (χ2n) is 6.20. The van der Waals surface area contributed by atoms with Crippen LogP contribution in [0.1, 0.15) is 27.7 Å². The van der Waals surface area contributed by atoms with Crippen LogP contribution in [0.3, 0.4) is 0 Å². The predicted molar refractivity (Wildman–Crippen MR) is 88.6 cm³/mol. The normalized spacial score (nSPS) is 25.3. The SMILES string of the molecule is O=C(O)c1ccc([C@H]2OC[C@H](O)[C@H](O)[C@H]2Nc2cncc(C(F)(F)F)n2)cc1. The summed E-state index contributed by atoms with van der Waals surface area (Å²) in [5.41, 5.74) is -0.714. The molecule has 2 aromatic rings. The second-order valence-corrected chi connectivity index (χ2v) is 6.20. The number of anilines is 1. The summed E-state index contributed by atoms with van der Waals surface area (Å²) in [5, 5.41) is 31.8. The molecule has 0 bridgehead atoms. The highest BCUT2D eigenvalue weighted by Crippen LogP contribution is 2.32. The van der Waals surface area contributed by atoms with Crippen LogP contribution < -0.4 is 5.32 Å². The average molecular weight is 399 g/mol. The van der Waals surface area contributed by atoms with Crippen LogP contribution in [-0.2, 0) is 10.9 Å². The molecule has 11 heteroatoms. The van der Waals surface area contributed by atoms with Crippen LogP contribution in [0, 0.1) is 0 Å². The maximum Gasteiger partial charge on any atom is 0.434 e. The Hall–Kier alpha value is -2.76. The molecule has 0 radical (unpaired) electrons. The Morgan fingerprint density at radius 2 is 1.86 bits per heavy atom. The van der Waals surface area contributed by atoms with Crippen molar-refractivity contribution in [2.45, 2.75) is 30.5 Å². The zero-order chi connectivity index (χ0) is 20.5. The van der Waals surface area contributed by atoms with Gasteiger partial charge in [0.25, 0.3) is 0 Å². The molecule has 0 unspecified atom stereocenters. The lowest BCUT2D eigenvalue weighted by molar-refractivity contribution is -0.141. The minimum absolute atomic E-state index is 0.0356. The van der Waals surface area contributed by atoms with Crippen molar-refractivity contribution in [1.29, 1.82) is 0 Å². The lowest BCUT2D eigenvalue weighted by Gasteiger charge is -2.39. The third-order valence-electron chi connectivity index (χ3n) is 4.26. The number of aromatic carboxylic acids is 1. The van der Waals surface area contributed by atoms with Gasteiger partial charge in [-0.3, -0.25) is 4.98 Å². The largest absolute Gasteiger partial charge is 0.478 e. The van der Waals surface area contributed by atoms with E-state index in [4.69, 9.17) is 9.84 Å². The lowest BCUT2D eigenvalue weighted by Crippen LogP contribution is -2.52. The molecule has 0 spiro atoms. The first-order chi connectivity index (χ1) is 13.2. The zero-order valence-electron chi connectivity index (χ0n) is 14.2. The smallest absolute Gasteiger partial charge is 0.434 e. The van der Waals surface area contributed by atoms with Gasteiger partial charge in [0.05, 0.1) is 30.6 Å². The number of hydrogen-bond donors (Lipinski definition) is 4. The Bertz CT molecular complexity index is 847. The molecule has 150 valence electrons. The van der Waals surface area contributed by atoms with Crippen molar-refractivity contribution in [2.24, 2.45) is 0 Å². The van der Waals surface area contributed by atoms with E-state index in [0.717, 1.165) is 6.20 Å². The summed E-state index contributed by atoms with van der Waals surface area (Å²) < 4.78 is 44.1. The number of aromatic nitrogens is 2. The molecule has 1 aromatic heterocycles. The van der Waals surface area contributed by atoms with Crippen LogP contribution >= 0.6 is 0 Å². The summed E-state index contributed by atoms with van der Waals surface area (Å²) >= 11 is 0. The molecule has 4 atom stereocenters.